The summed E-state index contributed by atoms with van der Waals surface area (Å²) in [5, 5.41) is 12.4. The monoisotopic (exact) mass is 343 g/mol. The second-order valence-corrected chi connectivity index (χ2v) is 6.64. The molecule has 0 unspecified atom stereocenters. The van der Waals surface area contributed by atoms with Crippen LogP contribution < -0.4 is 0 Å². The van der Waals surface area contributed by atoms with Gasteiger partial charge in [0.25, 0.3) is 5.95 Å². The summed E-state index contributed by atoms with van der Waals surface area (Å²) in [5.41, 5.74) is 1.78. The second kappa shape index (κ2) is 6.23. The second-order valence-electron chi connectivity index (χ2n) is 5.70. The van der Waals surface area contributed by atoms with Crippen molar-refractivity contribution in [1.82, 2.24) is 34.7 Å². The lowest BCUT2D eigenvalue weighted by Crippen LogP contribution is -2.29. The Kier molecular flexibility index (Phi) is 3.93. The molecular formula is C15H17N7OS. The van der Waals surface area contributed by atoms with E-state index in [0.29, 0.717) is 11.7 Å². The first-order chi connectivity index (χ1) is 11.7. The van der Waals surface area contributed by atoms with Gasteiger partial charge in [0.1, 0.15) is 0 Å². The van der Waals surface area contributed by atoms with Crippen molar-refractivity contribution in [3.05, 3.63) is 24.3 Å². The number of thioether (sulfide) groups is 1. The number of nitrogens with zero attached hydrogens (tertiary/aromatic N) is 7. The van der Waals surface area contributed by atoms with Crippen LogP contribution in [0.2, 0.25) is 0 Å². The van der Waals surface area contributed by atoms with Gasteiger partial charge in [0, 0.05) is 20.1 Å². The number of hydrogen-bond acceptors (Lipinski definition) is 6. The standard InChI is InChI=1S/C15H17N7OS/c1-20-14(17-18-19-20)22-12-7-3-2-6-11(12)16-15(22)24-10-13(23)21-8-4-5-9-21/h2-3,6-7H,4-5,8-10H2,1H3. The zero-order valence-electron chi connectivity index (χ0n) is 13.3. The molecule has 124 valence electrons. The quantitative estimate of drug-likeness (QED) is 0.664. The number of likely N-dealkylation sites (tertiary alicyclic amines) is 1. The first-order valence-corrected chi connectivity index (χ1v) is 8.83. The van der Waals surface area contributed by atoms with Gasteiger partial charge in [0.05, 0.1) is 16.8 Å². The van der Waals surface area contributed by atoms with Gasteiger partial charge in [-0.25, -0.2) is 9.67 Å². The van der Waals surface area contributed by atoms with Gasteiger partial charge in [-0.15, -0.1) is 0 Å². The summed E-state index contributed by atoms with van der Waals surface area (Å²) in [4.78, 5) is 18.9. The van der Waals surface area contributed by atoms with E-state index in [0.717, 1.165) is 42.1 Å². The van der Waals surface area contributed by atoms with Crippen LogP contribution in [0, 0.1) is 0 Å². The van der Waals surface area contributed by atoms with Gasteiger partial charge >= 0.3 is 0 Å². The summed E-state index contributed by atoms with van der Waals surface area (Å²) in [6.45, 7) is 1.73. The van der Waals surface area contributed by atoms with E-state index in [1.54, 1.807) is 11.7 Å². The van der Waals surface area contributed by atoms with Gasteiger partial charge in [-0.05, 0) is 35.4 Å². The van der Waals surface area contributed by atoms with E-state index in [9.17, 15) is 4.79 Å². The number of rotatable bonds is 4. The number of fused-ring (bicyclic) bond motifs is 1. The fourth-order valence-electron chi connectivity index (χ4n) is 2.89. The third kappa shape index (κ3) is 2.64. The van der Waals surface area contributed by atoms with Crippen molar-refractivity contribution < 1.29 is 4.79 Å². The molecule has 0 saturated carbocycles. The third-order valence-electron chi connectivity index (χ3n) is 4.11. The first kappa shape index (κ1) is 15.1. The number of amides is 1. The number of benzene rings is 1. The fourth-order valence-corrected chi connectivity index (χ4v) is 3.80. The molecule has 1 saturated heterocycles. The van der Waals surface area contributed by atoms with Crippen LogP contribution in [-0.4, -0.2) is 59.4 Å². The Hall–Kier alpha value is -2.42. The van der Waals surface area contributed by atoms with Crippen LogP contribution in [0.5, 0.6) is 0 Å². The summed E-state index contributed by atoms with van der Waals surface area (Å²) >= 11 is 1.43. The van der Waals surface area contributed by atoms with Crippen molar-refractivity contribution in [2.24, 2.45) is 7.05 Å². The molecule has 1 amide bonds. The molecule has 1 aliphatic heterocycles. The Morgan fingerprint density at radius 3 is 2.79 bits per heavy atom. The average molecular weight is 343 g/mol. The molecule has 8 nitrogen and oxygen atoms in total. The molecule has 1 aromatic carbocycles. The Labute approximate surface area is 142 Å². The predicted octanol–water partition coefficient (Wildman–Crippen LogP) is 1.26. The highest BCUT2D eigenvalue weighted by atomic mass is 32.2. The first-order valence-electron chi connectivity index (χ1n) is 7.85. The SMILES string of the molecule is Cn1nnnc1-n1c(SCC(=O)N2CCCC2)nc2ccccc21. The number of aromatic nitrogens is 6. The summed E-state index contributed by atoms with van der Waals surface area (Å²) < 4.78 is 3.50. The van der Waals surface area contributed by atoms with Crippen LogP contribution >= 0.6 is 11.8 Å². The van der Waals surface area contributed by atoms with Crippen LogP contribution in [0.15, 0.2) is 29.4 Å². The lowest BCUT2D eigenvalue weighted by molar-refractivity contribution is -0.127. The molecule has 1 fully saturated rings. The van der Waals surface area contributed by atoms with Crippen molar-refractivity contribution >= 4 is 28.7 Å². The Bertz CT molecular complexity index is 881. The molecule has 3 aromatic rings. The minimum Gasteiger partial charge on any atom is -0.342 e. The van der Waals surface area contributed by atoms with Crippen LogP contribution in [0.1, 0.15) is 12.8 Å². The lowest BCUT2D eigenvalue weighted by atomic mass is 10.3. The zero-order chi connectivity index (χ0) is 16.5. The van der Waals surface area contributed by atoms with Gasteiger partial charge in [-0.3, -0.25) is 9.36 Å². The maximum Gasteiger partial charge on any atom is 0.256 e. The number of para-hydroxylation sites is 2. The summed E-state index contributed by atoms with van der Waals surface area (Å²) in [7, 11) is 1.79. The number of aryl methyl sites for hydroxylation is 1. The molecule has 0 spiro atoms. The number of tetrazole rings is 1. The highest BCUT2D eigenvalue weighted by Crippen LogP contribution is 2.27. The van der Waals surface area contributed by atoms with Crippen molar-refractivity contribution in [1.29, 1.82) is 0 Å². The van der Waals surface area contributed by atoms with Crippen LogP contribution in [0.3, 0.4) is 0 Å². The van der Waals surface area contributed by atoms with Gasteiger partial charge in [-0.1, -0.05) is 29.0 Å². The van der Waals surface area contributed by atoms with Crippen LogP contribution in [0.4, 0.5) is 0 Å². The predicted molar refractivity (Wildman–Crippen MR) is 90.0 cm³/mol. The number of carbonyl (C=O) groups is 1. The lowest BCUT2D eigenvalue weighted by Gasteiger charge is -2.14. The largest absolute Gasteiger partial charge is 0.342 e. The molecule has 2 aromatic heterocycles. The highest BCUT2D eigenvalue weighted by Gasteiger charge is 2.21. The van der Waals surface area contributed by atoms with E-state index in [4.69, 9.17) is 0 Å². The van der Waals surface area contributed by atoms with Gasteiger partial charge in [0.2, 0.25) is 5.91 Å². The normalized spacial score (nSPS) is 14.6. The average Bonchev–Trinajstić information content (AvgIpc) is 3.31. The molecule has 1 aliphatic rings. The maximum absolute atomic E-state index is 12.3. The van der Waals surface area contributed by atoms with Crippen molar-refractivity contribution in [3.63, 3.8) is 0 Å². The van der Waals surface area contributed by atoms with Gasteiger partial charge in [0.15, 0.2) is 5.16 Å². The topological polar surface area (TPSA) is 81.7 Å². The molecule has 0 aliphatic carbocycles. The molecule has 24 heavy (non-hydrogen) atoms. The molecule has 3 heterocycles. The smallest absolute Gasteiger partial charge is 0.256 e. The van der Waals surface area contributed by atoms with Crippen molar-refractivity contribution in [2.75, 3.05) is 18.8 Å². The molecule has 9 heteroatoms. The van der Waals surface area contributed by atoms with Crippen LogP contribution in [-0.2, 0) is 11.8 Å². The van der Waals surface area contributed by atoms with Crippen LogP contribution in [0.25, 0.3) is 17.0 Å². The van der Waals surface area contributed by atoms with Crippen molar-refractivity contribution in [3.8, 4) is 5.95 Å². The van der Waals surface area contributed by atoms with Gasteiger partial charge in [-0.2, -0.15) is 0 Å². The molecular weight excluding hydrogens is 326 g/mol. The number of hydrogen-bond donors (Lipinski definition) is 0. The highest BCUT2D eigenvalue weighted by molar-refractivity contribution is 7.99. The zero-order valence-corrected chi connectivity index (χ0v) is 14.1. The third-order valence-corrected chi connectivity index (χ3v) is 5.03. The van der Waals surface area contributed by atoms with E-state index in [-0.39, 0.29) is 5.91 Å². The fraction of sp³-hybridized carbons (Fsp3) is 0.400. The van der Waals surface area contributed by atoms with E-state index < -0.39 is 0 Å². The summed E-state index contributed by atoms with van der Waals surface area (Å²) in [6.07, 6.45) is 2.19. The molecule has 0 radical (unpaired) electrons. The molecule has 4 rings (SSSR count). The number of carbonyl (C=O) groups excluding carboxylic acids is 1. The summed E-state index contributed by atoms with van der Waals surface area (Å²) in [5.74, 6) is 1.11. The maximum atomic E-state index is 12.3. The van der Waals surface area contributed by atoms with E-state index in [1.165, 1.54) is 11.8 Å². The van der Waals surface area contributed by atoms with E-state index in [1.807, 2.05) is 33.7 Å². The Morgan fingerprint density at radius 1 is 1.25 bits per heavy atom. The van der Waals surface area contributed by atoms with Gasteiger partial charge < -0.3 is 4.90 Å². The van der Waals surface area contributed by atoms with E-state index in [2.05, 4.69) is 20.5 Å². The molecule has 0 N–H and O–H groups in total. The number of imidazole rings is 1. The Balaban J connectivity index is 1.67. The molecule has 0 atom stereocenters. The Morgan fingerprint density at radius 2 is 2.04 bits per heavy atom. The molecule has 0 bridgehead atoms. The minimum atomic E-state index is 0.159. The van der Waals surface area contributed by atoms with Crippen molar-refractivity contribution in [2.45, 2.75) is 18.0 Å². The van der Waals surface area contributed by atoms with E-state index >= 15 is 0 Å². The summed E-state index contributed by atoms with van der Waals surface area (Å²) in [6, 6.07) is 7.82. The minimum absolute atomic E-state index is 0.159.